The van der Waals surface area contributed by atoms with Gasteiger partial charge < -0.3 is 10.6 Å². The Labute approximate surface area is 141 Å². The predicted molar refractivity (Wildman–Crippen MR) is 93.0 cm³/mol. The first-order valence-corrected chi connectivity index (χ1v) is 9.85. The molecule has 4 saturated heterocycles. The van der Waals surface area contributed by atoms with Gasteiger partial charge in [0.2, 0.25) is 0 Å². The second-order valence-corrected chi connectivity index (χ2v) is 7.52. The standard InChI is InChI=1S/C17H34N6/c1-2-9-20(10-3-1)17(21-13-6-18-7-14-21)16-19-8-15-23(17)22-11-4-5-12-22/h18-19H,1-16H2. The number of hydrogen-bond donors (Lipinski definition) is 2. The maximum Gasteiger partial charge on any atom is 0.157 e. The van der Waals surface area contributed by atoms with Crippen molar-refractivity contribution >= 4 is 0 Å². The molecule has 0 aliphatic carbocycles. The molecule has 0 aromatic carbocycles. The summed E-state index contributed by atoms with van der Waals surface area (Å²) in [6.45, 7) is 13.0. The molecule has 4 fully saturated rings. The first-order chi connectivity index (χ1) is 11.4. The van der Waals surface area contributed by atoms with Crippen LogP contribution in [0.1, 0.15) is 32.1 Å². The minimum atomic E-state index is 0.0745. The molecule has 0 radical (unpaired) electrons. The van der Waals surface area contributed by atoms with Gasteiger partial charge >= 0.3 is 0 Å². The maximum atomic E-state index is 3.75. The lowest BCUT2D eigenvalue weighted by atomic mass is 10.0. The minimum Gasteiger partial charge on any atom is -0.314 e. The molecular formula is C17H34N6. The van der Waals surface area contributed by atoms with Gasteiger partial charge in [-0.05, 0) is 25.7 Å². The summed E-state index contributed by atoms with van der Waals surface area (Å²) in [6.07, 6.45) is 6.86. The Morgan fingerprint density at radius 2 is 1.17 bits per heavy atom. The molecule has 0 aromatic heterocycles. The highest BCUT2D eigenvalue weighted by atomic mass is 15.8. The van der Waals surface area contributed by atoms with Crippen LogP contribution >= 0.6 is 0 Å². The summed E-state index contributed by atoms with van der Waals surface area (Å²) in [5.74, 6) is 0.0745. The summed E-state index contributed by atoms with van der Waals surface area (Å²) in [6, 6.07) is 0. The molecule has 0 bridgehead atoms. The second-order valence-electron chi connectivity index (χ2n) is 7.52. The number of nitrogens with zero attached hydrogens (tertiary/aromatic N) is 4. The van der Waals surface area contributed by atoms with Gasteiger partial charge in [0.05, 0.1) is 0 Å². The summed E-state index contributed by atoms with van der Waals surface area (Å²) >= 11 is 0. The lowest BCUT2D eigenvalue weighted by molar-refractivity contribution is -0.257. The summed E-state index contributed by atoms with van der Waals surface area (Å²) in [5.41, 5.74) is 0. The number of nitrogens with one attached hydrogen (secondary N) is 2. The van der Waals surface area contributed by atoms with Crippen LogP contribution in [0.3, 0.4) is 0 Å². The summed E-state index contributed by atoms with van der Waals surface area (Å²) in [5, 5.41) is 12.7. The minimum absolute atomic E-state index is 0.0745. The van der Waals surface area contributed by atoms with Crippen molar-refractivity contribution in [2.45, 2.75) is 37.9 Å². The Morgan fingerprint density at radius 3 is 1.91 bits per heavy atom. The van der Waals surface area contributed by atoms with E-state index in [0.29, 0.717) is 0 Å². The third-order valence-corrected chi connectivity index (χ3v) is 6.19. The van der Waals surface area contributed by atoms with Crippen molar-refractivity contribution in [3.8, 4) is 0 Å². The average molecular weight is 323 g/mol. The SMILES string of the molecule is C1CCN(C2(N3CCNCC3)CNCCN2N2CCCC2)CC1. The van der Waals surface area contributed by atoms with Crippen molar-refractivity contribution in [1.29, 1.82) is 0 Å². The fourth-order valence-electron chi connectivity index (χ4n) is 5.05. The van der Waals surface area contributed by atoms with E-state index in [4.69, 9.17) is 0 Å². The van der Waals surface area contributed by atoms with Crippen molar-refractivity contribution < 1.29 is 0 Å². The first kappa shape index (κ1) is 16.2. The highest BCUT2D eigenvalue weighted by molar-refractivity contribution is 4.98. The Bertz CT molecular complexity index is 353. The molecule has 1 atom stereocenters. The van der Waals surface area contributed by atoms with Gasteiger partial charge in [-0.2, -0.15) is 0 Å². The normalized spacial score (nSPS) is 36.5. The van der Waals surface area contributed by atoms with Gasteiger partial charge in [0.15, 0.2) is 5.79 Å². The monoisotopic (exact) mass is 322 g/mol. The van der Waals surface area contributed by atoms with Crippen LogP contribution in [0.4, 0.5) is 0 Å². The second kappa shape index (κ2) is 7.33. The molecular weight excluding hydrogens is 288 g/mol. The number of piperidine rings is 1. The van der Waals surface area contributed by atoms with Gasteiger partial charge in [-0.15, -0.1) is 0 Å². The number of hydrogen-bond acceptors (Lipinski definition) is 6. The fourth-order valence-corrected chi connectivity index (χ4v) is 5.05. The van der Waals surface area contributed by atoms with Crippen molar-refractivity contribution in [3.63, 3.8) is 0 Å². The van der Waals surface area contributed by atoms with Gasteiger partial charge in [-0.1, -0.05) is 6.42 Å². The molecule has 0 spiro atoms. The van der Waals surface area contributed by atoms with Gasteiger partial charge in [0.25, 0.3) is 0 Å². The molecule has 0 amide bonds. The zero-order chi connectivity index (χ0) is 15.5. The van der Waals surface area contributed by atoms with E-state index in [1.807, 2.05) is 0 Å². The van der Waals surface area contributed by atoms with E-state index in [1.54, 1.807) is 0 Å². The zero-order valence-electron chi connectivity index (χ0n) is 14.6. The highest BCUT2D eigenvalue weighted by Gasteiger charge is 2.51. The largest absolute Gasteiger partial charge is 0.314 e. The molecule has 0 aromatic rings. The molecule has 6 heteroatoms. The van der Waals surface area contributed by atoms with Crippen LogP contribution in [0, 0.1) is 0 Å². The average Bonchev–Trinajstić information content (AvgIpc) is 3.17. The number of rotatable bonds is 3. The fraction of sp³-hybridized carbons (Fsp3) is 1.00. The topological polar surface area (TPSA) is 37.0 Å². The third-order valence-electron chi connectivity index (χ3n) is 6.19. The molecule has 4 aliphatic rings. The van der Waals surface area contributed by atoms with Gasteiger partial charge in [0.1, 0.15) is 0 Å². The van der Waals surface area contributed by atoms with Crippen molar-refractivity contribution in [1.82, 2.24) is 30.5 Å². The number of hydrazine groups is 1. The molecule has 23 heavy (non-hydrogen) atoms. The molecule has 4 rings (SSSR count). The molecule has 2 N–H and O–H groups in total. The van der Waals surface area contributed by atoms with E-state index in [1.165, 1.54) is 71.4 Å². The summed E-state index contributed by atoms with van der Waals surface area (Å²) in [4.78, 5) is 5.59. The van der Waals surface area contributed by atoms with Crippen LogP contribution in [0.5, 0.6) is 0 Å². The summed E-state index contributed by atoms with van der Waals surface area (Å²) in [7, 11) is 0. The van der Waals surface area contributed by atoms with Crippen LogP contribution in [0.2, 0.25) is 0 Å². The zero-order valence-corrected chi connectivity index (χ0v) is 14.6. The van der Waals surface area contributed by atoms with Crippen LogP contribution in [-0.2, 0) is 0 Å². The van der Waals surface area contributed by atoms with E-state index in [0.717, 1.165) is 32.7 Å². The smallest absolute Gasteiger partial charge is 0.157 e. The van der Waals surface area contributed by atoms with E-state index in [2.05, 4.69) is 30.5 Å². The quantitative estimate of drug-likeness (QED) is 0.759. The van der Waals surface area contributed by atoms with E-state index in [9.17, 15) is 0 Å². The Morgan fingerprint density at radius 1 is 0.565 bits per heavy atom. The third kappa shape index (κ3) is 3.05. The van der Waals surface area contributed by atoms with Crippen molar-refractivity contribution in [3.05, 3.63) is 0 Å². The van der Waals surface area contributed by atoms with Crippen LogP contribution in [0.15, 0.2) is 0 Å². The van der Waals surface area contributed by atoms with E-state index in [-0.39, 0.29) is 5.79 Å². The van der Waals surface area contributed by atoms with Gasteiger partial charge in [0, 0.05) is 72.0 Å². The lowest BCUT2D eigenvalue weighted by Crippen LogP contribution is -2.81. The van der Waals surface area contributed by atoms with Crippen molar-refractivity contribution in [2.75, 3.05) is 72.0 Å². The first-order valence-electron chi connectivity index (χ1n) is 9.85. The molecule has 132 valence electrons. The molecule has 4 heterocycles. The lowest BCUT2D eigenvalue weighted by Gasteiger charge is -2.61. The Hall–Kier alpha value is -0.240. The maximum absolute atomic E-state index is 3.75. The highest BCUT2D eigenvalue weighted by Crippen LogP contribution is 2.33. The molecule has 1 unspecified atom stereocenters. The van der Waals surface area contributed by atoms with E-state index < -0.39 is 0 Å². The number of piperazine rings is 2. The summed E-state index contributed by atoms with van der Waals surface area (Å²) < 4.78 is 0. The number of likely N-dealkylation sites (tertiary alicyclic amines) is 1. The Kier molecular flexibility index (Phi) is 5.18. The van der Waals surface area contributed by atoms with Gasteiger partial charge in [-0.25, -0.2) is 10.0 Å². The van der Waals surface area contributed by atoms with Crippen LogP contribution in [0.25, 0.3) is 0 Å². The van der Waals surface area contributed by atoms with Crippen LogP contribution in [-0.4, -0.2) is 97.6 Å². The van der Waals surface area contributed by atoms with Crippen LogP contribution < -0.4 is 10.6 Å². The Balaban J connectivity index is 1.65. The van der Waals surface area contributed by atoms with Gasteiger partial charge in [-0.3, -0.25) is 9.80 Å². The molecule has 4 aliphatic heterocycles. The molecule has 0 saturated carbocycles. The van der Waals surface area contributed by atoms with Crippen molar-refractivity contribution in [2.24, 2.45) is 0 Å². The predicted octanol–water partition coefficient (Wildman–Crippen LogP) is -0.0527. The van der Waals surface area contributed by atoms with E-state index >= 15 is 0 Å². The molecule has 6 nitrogen and oxygen atoms in total.